The van der Waals surface area contributed by atoms with Crippen LogP contribution in [-0.4, -0.2) is 20.2 Å². The summed E-state index contributed by atoms with van der Waals surface area (Å²) in [6.07, 6.45) is -5.07. The number of carbonyl (C=O) groups is 1. The Morgan fingerprint density at radius 3 is 2.31 bits per heavy atom. The van der Waals surface area contributed by atoms with Crippen molar-refractivity contribution < 1.29 is 41.3 Å². The van der Waals surface area contributed by atoms with Crippen molar-refractivity contribution in [3.63, 3.8) is 0 Å². The number of carbonyl (C=O) groups excluding carboxylic acids is 1. The van der Waals surface area contributed by atoms with E-state index < -0.39 is 34.7 Å². The number of methoxy groups -OCH3 is 2. The third-order valence-electron chi connectivity index (χ3n) is 4.96. The summed E-state index contributed by atoms with van der Waals surface area (Å²) in [5, 5.41) is -0.224. The van der Waals surface area contributed by atoms with E-state index in [-0.39, 0.29) is 33.2 Å². The predicted octanol–water partition coefficient (Wildman–Crippen LogP) is 6.49. The fraction of sp³-hybridized carbons (Fsp3) is 0.120. The van der Waals surface area contributed by atoms with E-state index in [1.807, 2.05) is 0 Å². The standard InChI is InChI=1S/C25H16ClF3O7/c1-32-18-10-7-13(11-20(18)33-2)24(31)34-14-8-9-15-19(12-14)36-23(25(27,28)29)22(21(15)30)35-17-6-4-3-5-16(17)26/h3-12H,1-2H3. The molecule has 0 aliphatic heterocycles. The van der Waals surface area contributed by atoms with Crippen molar-refractivity contribution in [2.24, 2.45) is 0 Å². The Labute approximate surface area is 206 Å². The molecular weight excluding hydrogens is 505 g/mol. The summed E-state index contributed by atoms with van der Waals surface area (Å²) in [4.78, 5) is 25.5. The second-order valence-corrected chi connectivity index (χ2v) is 7.64. The van der Waals surface area contributed by atoms with Crippen molar-refractivity contribution in [1.82, 2.24) is 0 Å². The molecule has 1 heterocycles. The maximum atomic E-state index is 13.8. The second-order valence-electron chi connectivity index (χ2n) is 7.24. The largest absolute Gasteiger partial charge is 0.493 e. The molecule has 0 atom stereocenters. The Bertz CT molecular complexity index is 1510. The predicted molar refractivity (Wildman–Crippen MR) is 124 cm³/mol. The number of ether oxygens (including phenoxy) is 4. The summed E-state index contributed by atoms with van der Waals surface area (Å²) in [5.74, 6) is -3.21. The smallest absolute Gasteiger partial charge is 0.453 e. The third-order valence-corrected chi connectivity index (χ3v) is 5.27. The van der Waals surface area contributed by atoms with E-state index in [1.165, 1.54) is 56.7 Å². The van der Waals surface area contributed by atoms with Gasteiger partial charge in [0.1, 0.15) is 17.1 Å². The zero-order chi connectivity index (χ0) is 26.0. The molecule has 3 aromatic carbocycles. The molecule has 0 spiro atoms. The molecule has 0 aliphatic carbocycles. The lowest BCUT2D eigenvalue weighted by atomic mass is 10.2. The first-order valence-electron chi connectivity index (χ1n) is 10.2. The minimum Gasteiger partial charge on any atom is -0.493 e. The van der Waals surface area contributed by atoms with Crippen molar-refractivity contribution in [2.45, 2.75) is 6.18 Å². The summed E-state index contributed by atoms with van der Waals surface area (Å²) in [6.45, 7) is 0. The molecule has 1 aromatic heterocycles. The Balaban J connectivity index is 1.73. The number of hydrogen-bond donors (Lipinski definition) is 0. The van der Waals surface area contributed by atoms with Crippen LogP contribution in [0.5, 0.6) is 28.7 Å². The number of halogens is 4. The van der Waals surface area contributed by atoms with Gasteiger partial charge in [-0.25, -0.2) is 4.79 Å². The Morgan fingerprint density at radius 2 is 1.64 bits per heavy atom. The number of alkyl halides is 3. The van der Waals surface area contributed by atoms with E-state index in [1.54, 1.807) is 6.07 Å². The van der Waals surface area contributed by atoms with Gasteiger partial charge in [-0.3, -0.25) is 4.79 Å². The van der Waals surface area contributed by atoms with Crippen LogP contribution >= 0.6 is 11.6 Å². The SMILES string of the molecule is COc1ccc(C(=O)Oc2ccc3c(=O)c(Oc4ccccc4Cl)c(C(F)(F)F)oc3c2)cc1OC. The molecule has 0 bridgehead atoms. The lowest BCUT2D eigenvalue weighted by molar-refractivity contribution is -0.154. The van der Waals surface area contributed by atoms with E-state index in [0.717, 1.165) is 12.1 Å². The number of rotatable bonds is 6. The molecule has 0 saturated heterocycles. The van der Waals surface area contributed by atoms with E-state index in [2.05, 4.69) is 0 Å². The highest BCUT2D eigenvalue weighted by molar-refractivity contribution is 6.32. The fourth-order valence-corrected chi connectivity index (χ4v) is 3.44. The van der Waals surface area contributed by atoms with Gasteiger partial charge < -0.3 is 23.4 Å². The van der Waals surface area contributed by atoms with Gasteiger partial charge in [-0.05, 0) is 42.5 Å². The molecule has 0 unspecified atom stereocenters. The van der Waals surface area contributed by atoms with Gasteiger partial charge in [0.2, 0.25) is 11.2 Å². The average molecular weight is 521 g/mol. The van der Waals surface area contributed by atoms with Crippen molar-refractivity contribution >= 4 is 28.5 Å². The highest BCUT2D eigenvalue weighted by atomic mass is 35.5. The average Bonchev–Trinajstić information content (AvgIpc) is 2.85. The van der Waals surface area contributed by atoms with Crippen molar-refractivity contribution in [3.8, 4) is 28.7 Å². The van der Waals surface area contributed by atoms with Gasteiger partial charge in [0, 0.05) is 6.07 Å². The molecule has 0 amide bonds. The maximum Gasteiger partial charge on any atom is 0.453 e. The molecule has 36 heavy (non-hydrogen) atoms. The van der Waals surface area contributed by atoms with Gasteiger partial charge in [-0.2, -0.15) is 13.2 Å². The molecular formula is C25H16ClF3O7. The normalized spacial score (nSPS) is 11.3. The quantitative estimate of drug-likeness (QED) is 0.212. The van der Waals surface area contributed by atoms with Gasteiger partial charge in [0.05, 0.1) is 30.2 Å². The Kier molecular flexibility index (Phi) is 6.80. The van der Waals surface area contributed by atoms with E-state index >= 15 is 0 Å². The number of para-hydroxylation sites is 1. The highest BCUT2D eigenvalue weighted by Gasteiger charge is 2.40. The Hall–Kier alpha value is -4.18. The Morgan fingerprint density at radius 1 is 0.917 bits per heavy atom. The second kappa shape index (κ2) is 9.82. The summed E-state index contributed by atoms with van der Waals surface area (Å²) in [5.41, 5.74) is -1.45. The summed E-state index contributed by atoms with van der Waals surface area (Å²) >= 11 is 5.96. The third kappa shape index (κ3) is 4.94. The minimum atomic E-state index is -5.07. The van der Waals surface area contributed by atoms with Crippen LogP contribution < -0.4 is 24.4 Å². The number of hydrogen-bond acceptors (Lipinski definition) is 7. The van der Waals surface area contributed by atoms with Crippen LogP contribution in [0, 0.1) is 0 Å². The van der Waals surface area contributed by atoms with Crippen molar-refractivity contribution in [1.29, 1.82) is 0 Å². The minimum absolute atomic E-state index is 0.00236. The van der Waals surface area contributed by atoms with Crippen LogP contribution in [0.25, 0.3) is 11.0 Å². The molecule has 186 valence electrons. The van der Waals surface area contributed by atoms with Gasteiger partial charge in [-0.1, -0.05) is 23.7 Å². The number of benzene rings is 3. The highest BCUT2D eigenvalue weighted by Crippen LogP contribution is 2.40. The van der Waals surface area contributed by atoms with Crippen LogP contribution in [0.1, 0.15) is 16.1 Å². The van der Waals surface area contributed by atoms with E-state index in [0.29, 0.717) is 5.75 Å². The zero-order valence-electron chi connectivity index (χ0n) is 18.6. The first kappa shape index (κ1) is 24.9. The molecule has 0 radical (unpaired) electrons. The van der Waals surface area contributed by atoms with Gasteiger partial charge in [0.25, 0.3) is 5.76 Å². The van der Waals surface area contributed by atoms with Gasteiger partial charge >= 0.3 is 12.1 Å². The zero-order valence-corrected chi connectivity index (χ0v) is 19.4. The summed E-state index contributed by atoms with van der Waals surface area (Å²) in [7, 11) is 2.82. The monoisotopic (exact) mass is 520 g/mol. The number of fused-ring (bicyclic) bond motifs is 1. The topological polar surface area (TPSA) is 84.2 Å². The number of esters is 1. The van der Waals surface area contributed by atoms with Crippen LogP contribution in [-0.2, 0) is 6.18 Å². The molecule has 0 fully saturated rings. The van der Waals surface area contributed by atoms with Crippen molar-refractivity contribution in [2.75, 3.05) is 14.2 Å². The van der Waals surface area contributed by atoms with E-state index in [4.69, 9.17) is 35.0 Å². The van der Waals surface area contributed by atoms with Gasteiger partial charge in [0.15, 0.2) is 11.5 Å². The molecule has 7 nitrogen and oxygen atoms in total. The van der Waals surface area contributed by atoms with Crippen LogP contribution in [0.2, 0.25) is 5.02 Å². The first-order valence-corrected chi connectivity index (χ1v) is 10.5. The van der Waals surface area contributed by atoms with E-state index in [9.17, 15) is 22.8 Å². The van der Waals surface area contributed by atoms with Crippen LogP contribution in [0.4, 0.5) is 13.2 Å². The first-order chi connectivity index (χ1) is 17.1. The fourth-order valence-electron chi connectivity index (χ4n) is 3.27. The molecule has 4 aromatic rings. The van der Waals surface area contributed by atoms with Crippen LogP contribution in [0.15, 0.2) is 69.9 Å². The lowest BCUT2D eigenvalue weighted by Gasteiger charge is -2.14. The molecule has 0 aliphatic rings. The summed E-state index contributed by atoms with van der Waals surface area (Å²) < 4.78 is 67.1. The van der Waals surface area contributed by atoms with Crippen molar-refractivity contribution in [3.05, 3.63) is 87.2 Å². The molecule has 4 rings (SSSR count). The molecule has 0 saturated carbocycles. The maximum absolute atomic E-state index is 13.8. The molecule has 11 heteroatoms. The van der Waals surface area contributed by atoms with Gasteiger partial charge in [-0.15, -0.1) is 0 Å². The molecule has 0 N–H and O–H groups in total. The van der Waals surface area contributed by atoms with Crippen LogP contribution in [0.3, 0.4) is 0 Å². The summed E-state index contributed by atoms with van der Waals surface area (Å²) in [6, 6.07) is 13.4. The lowest BCUT2D eigenvalue weighted by Crippen LogP contribution is -2.16.